The predicted octanol–water partition coefficient (Wildman–Crippen LogP) is 2.92. The average Bonchev–Trinajstić information content (AvgIpc) is 3.15. The van der Waals surface area contributed by atoms with E-state index in [-0.39, 0.29) is 12.1 Å². The van der Waals surface area contributed by atoms with Gasteiger partial charge in [-0.15, -0.1) is 0 Å². The minimum atomic E-state index is 0.162. The van der Waals surface area contributed by atoms with Crippen LogP contribution in [0, 0.1) is 0 Å². The van der Waals surface area contributed by atoms with Crippen LogP contribution >= 0.6 is 11.6 Å². The molecule has 1 aromatic heterocycles. The molecule has 0 saturated carbocycles. The van der Waals surface area contributed by atoms with Crippen molar-refractivity contribution in [2.75, 3.05) is 47.3 Å². The van der Waals surface area contributed by atoms with Crippen LogP contribution in [0.3, 0.4) is 0 Å². The van der Waals surface area contributed by atoms with Crippen molar-refractivity contribution in [3.63, 3.8) is 0 Å². The summed E-state index contributed by atoms with van der Waals surface area (Å²) in [7, 11) is 7.88. The van der Waals surface area contributed by atoms with Crippen LogP contribution in [0.5, 0.6) is 0 Å². The van der Waals surface area contributed by atoms with Crippen LogP contribution in [-0.2, 0) is 7.05 Å². The van der Waals surface area contributed by atoms with Crippen molar-refractivity contribution >= 4 is 17.6 Å². The standard InChI is InChI=1S/C22H36ClN7/c1-7-30(8-2)21(18-11-9-10-12-19(18)23)15-26-22(24-3)25-14-20(28(4)5)17-13-27-29(6)16-17/h9-13,16,20-21H,7-8,14-15H2,1-6H3,(H2,24,25,26). The normalized spacial score (nSPS) is 14.2. The molecule has 0 aliphatic carbocycles. The third kappa shape index (κ3) is 6.45. The summed E-state index contributed by atoms with van der Waals surface area (Å²) in [6.45, 7) is 7.69. The zero-order valence-corrected chi connectivity index (χ0v) is 19.8. The Labute approximate surface area is 186 Å². The second-order valence-electron chi connectivity index (χ2n) is 7.52. The van der Waals surface area contributed by atoms with Gasteiger partial charge >= 0.3 is 0 Å². The van der Waals surface area contributed by atoms with E-state index in [1.165, 1.54) is 5.56 Å². The maximum Gasteiger partial charge on any atom is 0.191 e. The lowest BCUT2D eigenvalue weighted by Gasteiger charge is -2.31. The number of guanidine groups is 1. The quantitative estimate of drug-likeness (QED) is 0.445. The summed E-state index contributed by atoms with van der Waals surface area (Å²) in [5, 5.41) is 12.1. The predicted molar refractivity (Wildman–Crippen MR) is 126 cm³/mol. The minimum absolute atomic E-state index is 0.162. The highest BCUT2D eigenvalue weighted by Crippen LogP contribution is 2.27. The van der Waals surface area contributed by atoms with Crippen LogP contribution in [-0.4, -0.2) is 72.9 Å². The van der Waals surface area contributed by atoms with Crippen LogP contribution in [0.15, 0.2) is 41.7 Å². The van der Waals surface area contributed by atoms with E-state index in [9.17, 15) is 0 Å². The van der Waals surface area contributed by atoms with Gasteiger partial charge in [0, 0.05) is 44.0 Å². The third-order valence-electron chi connectivity index (χ3n) is 5.40. The van der Waals surface area contributed by atoms with Crippen LogP contribution in [0.2, 0.25) is 5.02 Å². The number of hydrogen-bond donors (Lipinski definition) is 2. The summed E-state index contributed by atoms with van der Waals surface area (Å²) in [5.74, 6) is 0.773. The molecule has 0 spiro atoms. The van der Waals surface area contributed by atoms with E-state index in [1.54, 1.807) is 7.05 Å². The zero-order chi connectivity index (χ0) is 22.1. The monoisotopic (exact) mass is 433 g/mol. The Bertz CT molecular complexity index is 798. The number of halogens is 1. The fraction of sp³-hybridized carbons (Fsp3) is 0.545. The number of rotatable bonds is 10. The maximum absolute atomic E-state index is 6.52. The Morgan fingerprint density at radius 2 is 1.77 bits per heavy atom. The molecule has 2 atom stereocenters. The summed E-state index contributed by atoms with van der Waals surface area (Å²) < 4.78 is 1.83. The zero-order valence-electron chi connectivity index (χ0n) is 19.1. The Hall–Kier alpha value is -2.09. The van der Waals surface area contributed by atoms with E-state index in [4.69, 9.17) is 11.6 Å². The van der Waals surface area contributed by atoms with Gasteiger partial charge in [0.15, 0.2) is 5.96 Å². The molecule has 0 aliphatic rings. The largest absolute Gasteiger partial charge is 0.354 e. The van der Waals surface area contributed by atoms with E-state index in [0.717, 1.165) is 36.2 Å². The van der Waals surface area contributed by atoms with Gasteiger partial charge in [-0.1, -0.05) is 43.6 Å². The molecule has 2 N–H and O–H groups in total. The first-order valence-electron chi connectivity index (χ1n) is 10.5. The number of aromatic nitrogens is 2. The molecule has 0 radical (unpaired) electrons. The summed E-state index contributed by atoms with van der Waals surface area (Å²) in [6, 6.07) is 8.43. The van der Waals surface area contributed by atoms with Crippen LogP contribution in [0.1, 0.15) is 37.1 Å². The van der Waals surface area contributed by atoms with E-state index in [0.29, 0.717) is 6.54 Å². The first kappa shape index (κ1) is 24.2. The molecule has 0 aliphatic heterocycles. The van der Waals surface area contributed by atoms with Crippen LogP contribution < -0.4 is 10.6 Å². The van der Waals surface area contributed by atoms with Gasteiger partial charge in [-0.25, -0.2) is 0 Å². The molecule has 2 rings (SSSR count). The van der Waals surface area contributed by atoms with Crippen molar-refractivity contribution in [2.45, 2.75) is 25.9 Å². The molecule has 2 unspecified atom stereocenters. The first-order valence-corrected chi connectivity index (χ1v) is 10.9. The molecule has 8 heteroatoms. The second-order valence-corrected chi connectivity index (χ2v) is 7.93. The molecule has 30 heavy (non-hydrogen) atoms. The molecule has 1 aromatic carbocycles. The van der Waals surface area contributed by atoms with Crippen molar-refractivity contribution < 1.29 is 0 Å². The number of hydrogen-bond acceptors (Lipinski definition) is 4. The minimum Gasteiger partial charge on any atom is -0.354 e. The van der Waals surface area contributed by atoms with Crippen molar-refractivity contribution in [1.82, 2.24) is 30.2 Å². The Balaban J connectivity index is 2.06. The molecule has 0 saturated heterocycles. The van der Waals surface area contributed by atoms with Crippen molar-refractivity contribution in [1.29, 1.82) is 0 Å². The lowest BCUT2D eigenvalue weighted by Crippen LogP contribution is -2.45. The van der Waals surface area contributed by atoms with E-state index in [2.05, 4.69) is 70.7 Å². The van der Waals surface area contributed by atoms with Crippen LogP contribution in [0.25, 0.3) is 0 Å². The average molecular weight is 434 g/mol. The molecule has 0 amide bonds. The molecule has 7 nitrogen and oxygen atoms in total. The van der Waals surface area contributed by atoms with Crippen molar-refractivity contribution in [3.8, 4) is 0 Å². The number of nitrogens with one attached hydrogen (secondary N) is 2. The topological polar surface area (TPSA) is 60.7 Å². The maximum atomic E-state index is 6.52. The Morgan fingerprint density at radius 1 is 1.13 bits per heavy atom. The van der Waals surface area contributed by atoms with Gasteiger partial charge in [-0.2, -0.15) is 5.10 Å². The fourth-order valence-corrected chi connectivity index (χ4v) is 3.93. The fourth-order valence-electron chi connectivity index (χ4n) is 3.66. The molecule has 166 valence electrons. The van der Waals surface area contributed by atoms with Gasteiger partial charge in [0.25, 0.3) is 0 Å². The molecule has 1 heterocycles. The molecule has 2 aromatic rings. The highest BCUT2D eigenvalue weighted by atomic mass is 35.5. The summed E-state index contributed by atoms with van der Waals surface area (Å²) in [6.07, 6.45) is 3.96. The second kappa shape index (κ2) is 11.9. The highest BCUT2D eigenvalue weighted by Gasteiger charge is 2.21. The third-order valence-corrected chi connectivity index (χ3v) is 5.74. The van der Waals surface area contributed by atoms with E-state index in [1.807, 2.05) is 36.1 Å². The number of benzene rings is 1. The molecular formula is C22H36ClN7. The first-order chi connectivity index (χ1) is 14.4. The van der Waals surface area contributed by atoms with Gasteiger partial charge in [-0.05, 0) is 38.8 Å². The highest BCUT2D eigenvalue weighted by molar-refractivity contribution is 6.31. The smallest absolute Gasteiger partial charge is 0.191 e. The summed E-state index contributed by atoms with van der Waals surface area (Å²) >= 11 is 6.52. The summed E-state index contributed by atoms with van der Waals surface area (Å²) in [5.41, 5.74) is 2.30. The van der Waals surface area contributed by atoms with E-state index < -0.39 is 0 Å². The Morgan fingerprint density at radius 3 is 2.27 bits per heavy atom. The SMILES string of the molecule is CCN(CC)C(CNC(=NC)NCC(c1cnn(C)c1)N(C)C)c1ccccc1Cl. The Kier molecular flexibility index (Phi) is 9.62. The molecular weight excluding hydrogens is 398 g/mol. The number of nitrogens with zero attached hydrogens (tertiary/aromatic N) is 5. The molecule has 0 fully saturated rings. The number of likely N-dealkylation sites (N-methyl/N-ethyl adjacent to an activating group) is 2. The van der Waals surface area contributed by atoms with Gasteiger partial charge in [0.2, 0.25) is 0 Å². The van der Waals surface area contributed by atoms with Crippen molar-refractivity contribution in [2.24, 2.45) is 12.0 Å². The number of aryl methyl sites for hydroxylation is 1. The lowest BCUT2D eigenvalue weighted by atomic mass is 10.0. The van der Waals surface area contributed by atoms with Crippen molar-refractivity contribution in [3.05, 3.63) is 52.8 Å². The summed E-state index contributed by atoms with van der Waals surface area (Å²) in [4.78, 5) is 9.00. The lowest BCUT2D eigenvalue weighted by molar-refractivity contribution is 0.219. The van der Waals surface area contributed by atoms with Gasteiger partial charge in [0.1, 0.15) is 0 Å². The van der Waals surface area contributed by atoms with Gasteiger partial charge in [0.05, 0.1) is 18.3 Å². The van der Waals surface area contributed by atoms with Gasteiger partial charge in [-0.3, -0.25) is 14.6 Å². The van der Waals surface area contributed by atoms with E-state index >= 15 is 0 Å². The van der Waals surface area contributed by atoms with Gasteiger partial charge < -0.3 is 15.5 Å². The number of aliphatic imine (C=N–C) groups is 1. The van der Waals surface area contributed by atoms with Crippen LogP contribution in [0.4, 0.5) is 0 Å². The molecule has 0 bridgehead atoms.